The molecule has 100 heavy (non-hydrogen) atoms. The van der Waals surface area contributed by atoms with Crippen LogP contribution in [0.2, 0.25) is 0 Å². The molecule has 0 aromatic heterocycles. The van der Waals surface area contributed by atoms with E-state index in [4.69, 9.17) is 37.0 Å². The van der Waals surface area contributed by atoms with E-state index >= 15 is 0 Å². The van der Waals surface area contributed by atoms with Crippen LogP contribution in [0.4, 0.5) is 0 Å². The Morgan fingerprint density at radius 1 is 0.280 bits per heavy atom. The van der Waals surface area contributed by atoms with Gasteiger partial charge in [0.25, 0.3) is 0 Å². The topological polar surface area (TPSA) is 237 Å². The van der Waals surface area contributed by atoms with Crippen LogP contribution >= 0.6 is 15.6 Å². The summed E-state index contributed by atoms with van der Waals surface area (Å²) in [4.78, 5) is 73.0. The molecule has 0 bridgehead atoms. The van der Waals surface area contributed by atoms with Crippen LogP contribution in [0.3, 0.4) is 0 Å². The number of aliphatic hydroxyl groups excluding tert-OH is 1. The van der Waals surface area contributed by atoms with E-state index in [1.54, 1.807) is 0 Å². The van der Waals surface area contributed by atoms with Gasteiger partial charge in [0.1, 0.15) is 19.3 Å². The summed E-state index contributed by atoms with van der Waals surface area (Å²) in [5.74, 6) is -0.506. The molecule has 7 atom stereocenters. The van der Waals surface area contributed by atoms with Gasteiger partial charge in [-0.15, -0.1) is 0 Å². The minimum Gasteiger partial charge on any atom is -0.462 e. The predicted octanol–water partition coefficient (Wildman–Crippen LogP) is 24.3. The summed E-state index contributed by atoms with van der Waals surface area (Å²) in [6.07, 6.45) is 62.4. The van der Waals surface area contributed by atoms with Crippen LogP contribution in [0.25, 0.3) is 0 Å². The summed E-state index contributed by atoms with van der Waals surface area (Å²) in [7, 11) is -9.92. The van der Waals surface area contributed by atoms with E-state index in [9.17, 15) is 43.2 Å². The van der Waals surface area contributed by atoms with E-state index in [2.05, 4.69) is 41.5 Å². The van der Waals surface area contributed by atoms with Gasteiger partial charge in [0.2, 0.25) is 0 Å². The molecule has 0 fully saturated rings. The molecule has 0 aliphatic heterocycles. The highest BCUT2D eigenvalue weighted by molar-refractivity contribution is 7.47. The van der Waals surface area contributed by atoms with Crippen LogP contribution in [-0.4, -0.2) is 96.7 Å². The number of unbranched alkanes of at least 4 members (excludes halogenated alkanes) is 48. The summed E-state index contributed by atoms with van der Waals surface area (Å²) in [5, 5.41) is 10.6. The van der Waals surface area contributed by atoms with Crippen LogP contribution < -0.4 is 0 Å². The Hall–Kier alpha value is -1.94. The van der Waals surface area contributed by atoms with Crippen molar-refractivity contribution in [2.45, 2.75) is 445 Å². The Labute approximate surface area is 613 Å². The quantitative estimate of drug-likeness (QED) is 0.0222. The summed E-state index contributed by atoms with van der Waals surface area (Å²) >= 11 is 0. The lowest BCUT2D eigenvalue weighted by molar-refractivity contribution is -0.161. The molecule has 0 heterocycles. The van der Waals surface area contributed by atoms with Gasteiger partial charge in [-0.25, -0.2) is 9.13 Å². The first-order chi connectivity index (χ1) is 48.4. The Morgan fingerprint density at radius 2 is 0.480 bits per heavy atom. The lowest BCUT2D eigenvalue weighted by Crippen LogP contribution is -2.30. The Balaban J connectivity index is 5.21. The maximum Gasteiger partial charge on any atom is 0.472 e. The molecule has 3 N–H and O–H groups in total. The van der Waals surface area contributed by atoms with Crippen LogP contribution in [0.15, 0.2) is 0 Å². The zero-order chi connectivity index (χ0) is 73.5. The van der Waals surface area contributed by atoms with Crippen molar-refractivity contribution in [2.24, 2.45) is 11.8 Å². The summed E-state index contributed by atoms with van der Waals surface area (Å²) in [5.41, 5.74) is 0. The fourth-order valence-electron chi connectivity index (χ4n) is 12.5. The molecule has 17 nitrogen and oxygen atoms in total. The lowest BCUT2D eigenvalue weighted by Gasteiger charge is -2.21. The average Bonchev–Trinajstić information content (AvgIpc) is 0.952. The number of hydrogen-bond acceptors (Lipinski definition) is 15. The van der Waals surface area contributed by atoms with Crippen LogP contribution in [0, 0.1) is 11.8 Å². The monoisotopic (exact) mass is 1470 g/mol. The van der Waals surface area contributed by atoms with E-state index in [0.717, 1.165) is 108 Å². The number of carbonyl (C=O) groups excluding carboxylic acids is 4. The molecule has 0 spiro atoms. The average molecular weight is 1470 g/mol. The highest BCUT2D eigenvalue weighted by Crippen LogP contribution is 2.45. The van der Waals surface area contributed by atoms with Gasteiger partial charge in [-0.05, 0) is 37.5 Å². The predicted molar refractivity (Wildman–Crippen MR) is 409 cm³/mol. The molecule has 0 saturated carbocycles. The molecule has 0 aliphatic rings. The molecular formula is C81H158O17P2. The van der Waals surface area contributed by atoms with E-state index in [1.165, 1.54) is 238 Å². The minimum atomic E-state index is -4.96. The molecule has 0 saturated heterocycles. The third kappa shape index (κ3) is 71.7. The Bertz CT molecular complexity index is 1930. The molecule has 0 radical (unpaired) electrons. The summed E-state index contributed by atoms with van der Waals surface area (Å²) in [6.45, 7) is 9.66. The number of esters is 4. The van der Waals surface area contributed by atoms with Crippen molar-refractivity contribution < 1.29 is 80.2 Å². The van der Waals surface area contributed by atoms with Gasteiger partial charge in [0, 0.05) is 25.7 Å². The molecular weight excluding hydrogens is 1310 g/mol. The van der Waals surface area contributed by atoms with Crippen molar-refractivity contribution in [3.05, 3.63) is 0 Å². The largest absolute Gasteiger partial charge is 0.472 e. The number of hydrogen-bond donors (Lipinski definition) is 3. The number of rotatable bonds is 80. The van der Waals surface area contributed by atoms with Crippen molar-refractivity contribution in [1.82, 2.24) is 0 Å². The Morgan fingerprint density at radius 3 is 0.710 bits per heavy atom. The summed E-state index contributed by atoms with van der Waals surface area (Å²) < 4.78 is 68.7. The fraction of sp³-hybridized carbons (Fsp3) is 0.951. The highest BCUT2D eigenvalue weighted by atomic mass is 31.2. The number of phosphoric ester groups is 2. The van der Waals surface area contributed by atoms with Crippen molar-refractivity contribution in [3.8, 4) is 0 Å². The van der Waals surface area contributed by atoms with E-state index in [-0.39, 0.29) is 25.7 Å². The lowest BCUT2D eigenvalue weighted by atomic mass is 9.99. The Kier molecular flexibility index (Phi) is 71.2. The van der Waals surface area contributed by atoms with Gasteiger partial charge < -0.3 is 33.8 Å². The van der Waals surface area contributed by atoms with Crippen LogP contribution in [-0.2, 0) is 65.4 Å². The molecule has 0 amide bonds. The van der Waals surface area contributed by atoms with E-state index < -0.39 is 97.5 Å². The van der Waals surface area contributed by atoms with Crippen molar-refractivity contribution in [2.75, 3.05) is 39.6 Å². The highest BCUT2D eigenvalue weighted by Gasteiger charge is 2.30. The first-order valence-corrected chi connectivity index (χ1v) is 45.1. The van der Waals surface area contributed by atoms with E-state index in [0.29, 0.717) is 25.7 Å². The second-order valence-corrected chi connectivity index (χ2v) is 32.6. The number of ether oxygens (including phenoxy) is 4. The molecule has 0 rings (SSSR count). The van der Waals surface area contributed by atoms with Gasteiger partial charge in [0.05, 0.1) is 26.4 Å². The van der Waals surface area contributed by atoms with Gasteiger partial charge in [-0.1, -0.05) is 375 Å². The number of aliphatic hydroxyl groups is 1. The smallest absolute Gasteiger partial charge is 0.462 e. The van der Waals surface area contributed by atoms with Crippen LogP contribution in [0.1, 0.15) is 427 Å². The molecule has 0 aromatic rings. The first-order valence-electron chi connectivity index (χ1n) is 42.1. The fourth-order valence-corrected chi connectivity index (χ4v) is 14.1. The van der Waals surface area contributed by atoms with Gasteiger partial charge in [0.15, 0.2) is 12.2 Å². The first kappa shape index (κ1) is 98.1. The molecule has 4 unspecified atom stereocenters. The molecule has 0 aromatic carbocycles. The van der Waals surface area contributed by atoms with E-state index in [1.807, 2.05) is 0 Å². The zero-order valence-electron chi connectivity index (χ0n) is 65.5. The van der Waals surface area contributed by atoms with Gasteiger partial charge in [-0.2, -0.15) is 0 Å². The number of phosphoric acid groups is 2. The molecule has 19 heteroatoms. The molecule has 0 aliphatic carbocycles. The minimum absolute atomic E-state index is 0.107. The van der Waals surface area contributed by atoms with Gasteiger partial charge >= 0.3 is 39.5 Å². The van der Waals surface area contributed by atoms with Gasteiger partial charge in [-0.3, -0.25) is 37.3 Å². The third-order valence-electron chi connectivity index (χ3n) is 19.7. The summed E-state index contributed by atoms with van der Waals surface area (Å²) in [6, 6.07) is 0. The normalized spacial score (nSPS) is 14.4. The van der Waals surface area contributed by atoms with Crippen LogP contribution in [0.5, 0.6) is 0 Å². The second kappa shape index (κ2) is 72.6. The van der Waals surface area contributed by atoms with Crippen molar-refractivity contribution in [1.29, 1.82) is 0 Å². The SMILES string of the molecule is CCCCCCCCCCCCCCCCC(=O)OC[C@H](COP(=O)(O)OC[C@@H](O)COP(=O)(O)OC[C@@H](COC(=O)CCCCCCCCC(C)CC)OC(=O)CCCCCCCCCCCCCCCC)OC(=O)CCCCCCCCCCCCCCCCCCCCC(C)CC. The zero-order valence-corrected chi connectivity index (χ0v) is 67.3. The maximum atomic E-state index is 13.1. The maximum absolute atomic E-state index is 13.1. The standard InChI is InChI=1S/C81H158O17P2/c1-7-11-13-15-17-19-21-23-32-36-40-44-51-57-63-78(83)91-69-76(97-80(85)66-60-54-46-42-38-34-30-28-26-25-27-29-31-35-39-43-49-55-61-73(5)9-3)71-95-99(87,88)93-67-75(82)68-94-100(89,90)96-72-77(70-92-79(84)64-58-52-48-47-50-56-62-74(6)10-4)98-81(86)65-59-53-45-41-37-33-24-22-20-18-16-14-12-8-2/h73-77,82H,7-72H2,1-6H3,(H,87,88)(H,89,90)/t73?,74?,75-,76-,77-/m1/s1. The third-order valence-corrected chi connectivity index (χ3v) is 21.6. The second-order valence-electron chi connectivity index (χ2n) is 29.6. The number of carbonyl (C=O) groups is 4. The molecule has 594 valence electrons. The van der Waals surface area contributed by atoms with Crippen molar-refractivity contribution in [3.63, 3.8) is 0 Å². The van der Waals surface area contributed by atoms with Crippen molar-refractivity contribution >= 4 is 39.5 Å².